The molecule has 0 saturated heterocycles. The van der Waals surface area contributed by atoms with E-state index in [1.165, 1.54) is 10.4 Å². The summed E-state index contributed by atoms with van der Waals surface area (Å²) in [6.45, 7) is 0. The molecule has 1 unspecified atom stereocenters. The number of hydrogen-bond donors (Lipinski definition) is 2. The van der Waals surface area contributed by atoms with Crippen molar-refractivity contribution in [3.8, 4) is 11.3 Å². The molecule has 0 aliphatic carbocycles. The Kier molecular flexibility index (Phi) is 5.23. The van der Waals surface area contributed by atoms with Crippen LogP contribution in [0.15, 0.2) is 59.0 Å². The summed E-state index contributed by atoms with van der Waals surface area (Å²) >= 11 is 1.06. The highest BCUT2D eigenvalue weighted by atomic mass is 32.1. The lowest BCUT2D eigenvalue weighted by molar-refractivity contribution is -0.119. The number of rotatable bonds is 5. The second-order valence-electron chi connectivity index (χ2n) is 6.47. The topological polar surface area (TPSA) is 101 Å². The van der Waals surface area contributed by atoms with Gasteiger partial charge in [0, 0.05) is 17.4 Å². The fourth-order valence-corrected chi connectivity index (χ4v) is 3.71. The molecule has 0 saturated carbocycles. The quantitative estimate of drug-likeness (QED) is 0.653. The van der Waals surface area contributed by atoms with E-state index >= 15 is 0 Å². The summed E-state index contributed by atoms with van der Waals surface area (Å²) in [5.74, 6) is -2.38. The van der Waals surface area contributed by atoms with Gasteiger partial charge in [0.15, 0.2) is 5.13 Å². The standard InChI is InChI=1S/C20H15F2N5O2S/c21-11-6-7-14(22)13(8-11)16-10-30-20(24-16)25-19(29)15-9-17(18(23)28)27(26-15)12-4-2-1-3-5-12/h1-8,10,17H,9H2,(H2,23,28)(H,24,25,29). The van der Waals surface area contributed by atoms with Gasteiger partial charge in [0.1, 0.15) is 23.4 Å². The maximum absolute atomic E-state index is 13.9. The molecule has 0 radical (unpaired) electrons. The van der Waals surface area contributed by atoms with Crippen molar-refractivity contribution in [1.82, 2.24) is 4.98 Å². The fourth-order valence-electron chi connectivity index (χ4n) is 3.01. The molecule has 1 aliphatic heterocycles. The number of primary amides is 1. The van der Waals surface area contributed by atoms with Crippen LogP contribution in [-0.2, 0) is 9.59 Å². The van der Waals surface area contributed by atoms with Gasteiger partial charge in [0.25, 0.3) is 5.91 Å². The minimum absolute atomic E-state index is 0.00555. The molecule has 152 valence electrons. The fraction of sp³-hybridized carbons (Fsp3) is 0.100. The van der Waals surface area contributed by atoms with Crippen molar-refractivity contribution in [2.75, 3.05) is 10.3 Å². The monoisotopic (exact) mass is 427 g/mol. The maximum Gasteiger partial charge on any atom is 0.273 e. The Morgan fingerprint density at radius 1 is 1.17 bits per heavy atom. The molecule has 2 aromatic carbocycles. The van der Waals surface area contributed by atoms with E-state index in [0.29, 0.717) is 5.69 Å². The summed E-state index contributed by atoms with van der Waals surface area (Å²) in [5, 5.41) is 9.94. The molecule has 1 atom stereocenters. The molecule has 2 heterocycles. The third-order valence-electron chi connectivity index (χ3n) is 4.45. The minimum Gasteiger partial charge on any atom is -0.368 e. The molecular weight excluding hydrogens is 412 g/mol. The SMILES string of the molecule is NC(=O)C1CC(C(=O)Nc2nc(-c3cc(F)ccc3F)cs2)=NN1c1ccccc1. The first-order chi connectivity index (χ1) is 14.4. The molecular formula is C20H15F2N5O2S. The van der Waals surface area contributed by atoms with E-state index in [2.05, 4.69) is 15.4 Å². The van der Waals surface area contributed by atoms with Crippen LogP contribution in [0.2, 0.25) is 0 Å². The molecule has 0 fully saturated rings. The lowest BCUT2D eigenvalue weighted by Gasteiger charge is -2.20. The van der Waals surface area contributed by atoms with Crippen LogP contribution >= 0.6 is 11.3 Å². The number of para-hydroxylation sites is 1. The molecule has 30 heavy (non-hydrogen) atoms. The van der Waals surface area contributed by atoms with Gasteiger partial charge in [-0.25, -0.2) is 13.8 Å². The van der Waals surface area contributed by atoms with E-state index in [1.54, 1.807) is 24.3 Å². The number of thiazole rings is 1. The van der Waals surface area contributed by atoms with Gasteiger partial charge in [-0.2, -0.15) is 5.10 Å². The second-order valence-corrected chi connectivity index (χ2v) is 7.32. The van der Waals surface area contributed by atoms with E-state index in [9.17, 15) is 18.4 Å². The third kappa shape index (κ3) is 3.90. The molecule has 7 nitrogen and oxygen atoms in total. The van der Waals surface area contributed by atoms with Crippen molar-refractivity contribution in [2.45, 2.75) is 12.5 Å². The third-order valence-corrected chi connectivity index (χ3v) is 5.21. The Morgan fingerprint density at radius 3 is 2.67 bits per heavy atom. The van der Waals surface area contributed by atoms with E-state index in [-0.39, 0.29) is 28.5 Å². The average molecular weight is 427 g/mol. The van der Waals surface area contributed by atoms with Gasteiger partial charge in [-0.05, 0) is 30.3 Å². The lowest BCUT2D eigenvalue weighted by atomic mass is 10.1. The number of nitrogens with two attached hydrogens (primary N) is 1. The Morgan fingerprint density at radius 2 is 1.93 bits per heavy atom. The number of hydrazone groups is 1. The van der Waals surface area contributed by atoms with Crippen LogP contribution in [0.25, 0.3) is 11.3 Å². The smallest absolute Gasteiger partial charge is 0.273 e. The molecule has 4 rings (SSSR count). The number of amides is 2. The Bertz CT molecular complexity index is 1150. The summed E-state index contributed by atoms with van der Waals surface area (Å²) in [5.41, 5.74) is 6.40. The average Bonchev–Trinajstić information content (AvgIpc) is 3.38. The van der Waals surface area contributed by atoms with Gasteiger partial charge in [0.05, 0.1) is 11.4 Å². The summed E-state index contributed by atoms with van der Waals surface area (Å²) in [4.78, 5) is 28.6. The molecule has 1 aromatic heterocycles. The highest BCUT2D eigenvalue weighted by Crippen LogP contribution is 2.29. The van der Waals surface area contributed by atoms with Gasteiger partial charge < -0.3 is 5.73 Å². The van der Waals surface area contributed by atoms with E-state index < -0.39 is 29.5 Å². The van der Waals surface area contributed by atoms with Gasteiger partial charge in [-0.15, -0.1) is 11.3 Å². The van der Waals surface area contributed by atoms with Crippen LogP contribution in [-0.4, -0.2) is 28.6 Å². The number of benzene rings is 2. The van der Waals surface area contributed by atoms with Crippen LogP contribution in [0.5, 0.6) is 0 Å². The highest BCUT2D eigenvalue weighted by molar-refractivity contribution is 7.14. The molecule has 2 amide bonds. The van der Waals surface area contributed by atoms with Gasteiger partial charge in [0.2, 0.25) is 5.91 Å². The Hall–Kier alpha value is -3.66. The summed E-state index contributed by atoms with van der Waals surface area (Å²) < 4.78 is 27.4. The first-order valence-corrected chi connectivity index (χ1v) is 9.73. The zero-order valence-corrected chi connectivity index (χ0v) is 16.2. The van der Waals surface area contributed by atoms with Crippen LogP contribution in [0, 0.1) is 11.6 Å². The minimum atomic E-state index is -0.790. The molecule has 3 N–H and O–H groups in total. The number of nitrogens with one attached hydrogen (secondary N) is 1. The zero-order chi connectivity index (χ0) is 21.3. The normalized spacial score (nSPS) is 15.7. The molecule has 0 spiro atoms. The number of aromatic nitrogens is 1. The largest absolute Gasteiger partial charge is 0.368 e. The van der Waals surface area contributed by atoms with E-state index in [1.807, 2.05) is 6.07 Å². The van der Waals surface area contributed by atoms with Crippen molar-refractivity contribution in [3.63, 3.8) is 0 Å². The van der Waals surface area contributed by atoms with Gasteiger partial charge in [-0.3, -0.25) is 19.9 Å². The number of hydrogen-bond acceptors (Lipinski definition) is 6. The van der Waals surface area contributed by atoms with Crippen molar-refractivity contribution in [2.24, 2.45) is 10.8 Å². The molecule has 3 aromatic rings. The summed E-state index contributed by atoms with van der Waals surface area (Å²) in [6, 6.07) is 11.2. The predicted molar refractivity (Wildman–Crippen MR) is 110 cm³/mol. The van der Waals surface area contributed by atoms with Crippen molar-refractivity contribution in [3.05, 3.63) is 65.5 Å². The number of nitrogens with zero attached hydrogens (tertiary/aromatic N) is 3. The van der Waals surface area contributed by atoms with Crippen LogP contribution < -0.4 is 16.1 Å². The molecule has 1 aliphatic rings. The Balaban J connectivity index is 1.54. The zero-order valence-electron chi connectivity index (χ0n) is 15.4. The number of halogens is 2. The van der Waals surface area contributed by atoms with E-state index in [0.717, 1.165) is 29.5 Å². The Labute approximate surface area is 173 Å². The van der Waals surface area contributed by atoms with Crippen molar-refractivity contribution in [1.29, 1.82) is 0 Å². The van der Waals surface area contributed by atoms with Crippen LogP contribution in [0.4, 0.5) is 19.6 Å². The maximum atomic E-state index is 13.9. The molecule has 0 bridgehead atoms. The van der Waals surface area contributed by atoms with E-state index in [4.69, 9.17) is 5.73 Å². The number of carbonyl (C=O) groups is 2. The summed E-state index contributed by atoms with van der Waals surface area (Å²) in [6.07, 6.45) is 0.0345. The van der Waals surface area contributed by atoms with Crippen molar-refractivity contribution >= 4 is 39.7 Å². The highest BCUT2D eigenvalue weighted by Gasteiger charge is 2.35. The predicted octanol–water partition coefficient (Wildman–Crippen LogP) is 3.15. The van der Waals surface area contributed by atoms with Gasteiger partial charge in [-0.1, -0.05) is 18.2 Å². The first kappa shape index (κ1) is 19.6. The number of anilines is 2. The van der Waals surface area contributed by atoms with Gasteiger partial charge >= 0.3 is 0 Å². The molecule has 10 heteroatoms. The van der Waals surface area contributed by atoms with Crippen LogP contribution in [0.3, 0.4) is 0 Å². The summed E-state index contributed by atoms with van der Waals surface area (Å²) in [7, 11) is 0. The van der Waals surface area contributed by atoms with Crippen molar-refractivity contribution < 1.29 is 18.4 Å². The second kappa shape index (κ2) is 7.99. The number of carbonyl (C=O) groups excluding carboxylic acids is 2. The van der Waals surface area contributed by atoms with Crippen LogP contribution in [0.1, 0.15) is 6.42 Å². The first-order valence-electron chi connectivity index (χ1n) is 8.86. The lowest BCUT2D eigenvalue weighted by Crippen LogP contribution is -2.39.